The molecule has 0 radical (unpaired) electrons. The monoisotopic (exact) mass is 619 g/mol. The molecule has 2 aromatic heterocycles. The van der Waals surface area contributed by atoms with Crippen molar-refractivity contribution in [1.82, 2.24) is 20.1 Å². The molecule has 0 saturated heterocycles. The van der Waals surface area contributed by atoms with Crippen LogP contribution in [0.1, 0.15) is 63.9 Å². The zero-order valence-electron chi connectivity index (χ0n) is 22.8. The van der Waals surface area contributed by atoms with Crippen molar-refractivity contribution in [2.24, 2.45) is 5.73 Å². The van der Waals surface area contributed by atoms with E-state index < -0.39 is 77.6 Å². The fourth-order valence-corrected chi connectivity index (χ4v) is 5.45. The Bertz CT molecular complexity index is 1720. The van der Waals surface area contributed by atoms with Crippen molar-refractivity contribution in [3.63, 3.8) is 0 Å². The third kappa shape index (κ3) is 6.29. The van der Waals surface area contributed by atoms with Crippen molar-refractivity contribution in [1.29, 1.82) is 0 Å². The zero-order chi connectivity index (χ0) is 31.8. The van der Waals surface area contributed by atoms with Gasteiger partial charge in [-0.25, -0.2) is 22.0 Å². The summed E-state index contributed by atoms with van der Waals surface area (Å²) in [7, 11) is 0. The minimum absolute atomic E-state index is 0.0345. The number of hydrogen-bond donors (Lipinski definition) is 2. The van der Waals surface area contributed by atoms with Gasteiger partial charge in [-0.2, -0.15) is 13.9 Å². The van der Waals surface area contributed by atoms with E-state index in [9.17, 15) is 40.3 Å². The number of halogens is 7. The van der Waals surface area contributed by atoms with Crippen molar-refractivity contribution >= 4 is 11.8 Å². The predicted octanol–water partition coefficient (Wildman–Crippen LogP) is 5.93. The minimum atomic E-state index is -3.50. The average molecular weight is 620 g/mol. The van der Waals surface area contributed by atoms with Gasteiger partial charge in [-0.05, 0) is 60.7 Å². The second-order valence-electron chi connectivity index (χ2n) is 10.3. The summed E-state index contributed by atoms with van der Waals surface area (Å²) in [6.45, 7) is -0.872. The van der Waals surface area contributed by atoms with Gasteiger partial charge in [0.05, 0.1) is 17.3 Å². The van der Waals surface area contributed by atoms with Crippen LogP contribution < -0.4 is 11.1 Å². The van der Waals surface area contributed by atoms with Crippen LogP contribution in [0.2, 0.25) is 0 Å². The molecule has 230 valence electrons. The summed E-state index contributed by atoms with van der Waals surface area (Å²) in [5, 5.41) is 6.24. The predicted molar refractivity (Wildman–Crippen MR) is 143 cm³/mol. The Kier molecular flexibility index (Phi) is 8.44. The molecule has 1 aliphatic rings. The molecule has 0 bridgehead atoms. The number of fused-ring (bicyclic) bond motifs is 1. The Morgan fingerprint density at radius 2 is 1.75 bits per heavy atom. The van der Waals surface area contributed by atoms with E-state index in [1.165, 1.54) is 30.5 Å². The Balaban J connectivity index is 1.54. The molecule has 44 heavy (non-hydrogen) atoms. The van der Waals surface area contributed by atoms with Crippen LogP contribution in [-0.4, -0.2) is 26.6 Å². The Morgan fingerprint density at radius 1 is 1.02 bits per heavy atom. The lowest BCUT2D eigenvalue weighted by atomic mass is 9.92. The summed E-state index contributed by atoms with van der Waals surface area (Å²) in [5.41, 5.74) is 3.70. The van der Waals surface area contributed by atoms with E-state index in [4.69, 9.17) is 5.73 Å². The normalized spacial score (nSPS) is 14.7. The third-order valence-corrected chi connectivity index (χ3v) is 7.25. The second kappa shape index (κ2) is 12.1. The number of pyridine rings is 1. The summed E-state index contributed by atoms with van der Waals surface area (Å²) in [6.07, 6.45) is -2.75. The summed E-state index contributed by atoms with van der Waals surface area (Å²) in [4.78, 5) is 29.4. The van der Waals surface area contributed by atoms with Crippen LogP contribution in [0.5, 0.6) is 0 Å². The van der Waals surface area contributed by atoms with Crippen LogP contribution >= 0.6 is 0 Å². The number of hydrogen-bond acceptors (Lipinski definition) is 4. The van der Waals surface area contributed by atoms with E-state index in [1.807, 2.05) is 0 Å². The zero-order valence-corrected chi connectivity index (χ0v) is 22.8. The molecule has 1 unspecified atom stereocenters. The standard InChI is InChI=1S/C30H24F7N5O2/c31-17-9-15(10-18(32)13-17)11-23(25-19(4-2-8-39-25)16-5-6-22(33)21(12-16)29(38)44)40-24(43)14-42-27-20(26(41-42)28(34)35)3-1-7-30(27,36)37/h2,4-6,8-10,12-13,23,28H,1,3,7,11,14H2,(H2,38,44)(H,40,43). The molecular formula is C30H24F7N5O2. The molecule has 2 aromatic carbocycles. The van der Waals surface area contributed by atoms with E-state index >= 15 is 0 Å². The van der Waals surface area contributed by atoms with E-state index in [0.29, 0.717) is 10.7 Å². The number of amides is 2. The van der Waals surface area contributed by atoms with Crippen LogP contribution in [0.25, 0.3) is 11.1 Å². The molecule has 0 aliphatic heterocycles. The van der Waals surface area contributed by atoms with E-state index in [0.717, 1.165) is 18.2 Å². The number of carbonyl (C=O) groups is 2. The number of primary amides is 1. The Hall–Kier alpha value is -4.75. The number of aromatic nitrogens is 3. The van der Waals surface area contributed by atoms with E-state index in [1.54, 1.807) is 0 Å². The van der Waals surface area contributed by atoms with Crippen molar-refractivity contribution in [3.8, 4) is 11.1 Å². The van der Waals surface area contributed by atoms with Gasteiger partial charge < -0.3 is 11.1 Å². The molecule has 0 spiro atoms. The topological polar surface area (TPSA) is 103 Å². The quantitative estimate of drug-likeness (QED) is 0.227. The fraction of sp³-hybridized carbons (Fsp3) is 0.267. The highest BCUT2D eigenvalue weighted by atomic mass is 19.3. The fourth-order valence-electron chi connectivity index (χ4n) is 5.45. The van der Waals surface area contributed by atoms with Gasteiger partial charge in [0.25, 0.3) is 18.3 Å². The van der Waals surface area contributed by atoms with Gasteiger partial charge in [0.15, 0.2) is 0 Å². The maximum Gasteiger partial charge on any atom is 0.289 e. The van der Waals surface area contributed by atoms with Gasteiger partial charge >= 0.3 is 0 Å². The number of benzene rings is 2. The number of nitrogens with one attached hydrogen (secondary N) is 1. The molecule has 2 heterocycles. The molecule has 1 atom stereocenters. The summed E-state index contributed by atoms with van der Waals surface area (Å²) in [5.74, 6) is -8.16. The number of nitrogens with zero attached hydrogens (tertiary/aromatic N) is 3. The van der Waals surface area contributed by atoms with Crippen LogP contribution in [0.4, 0.5) is 30.7 Å². The summed E-state index contributed by atoms with van der Waals surface area (Å²) >= 11 is 0. The first kappa shape index (κ1) is 30.7. The van der Waals surface area contributed by atoms with Crippen molar-refractivity contribution in [2.45, 2.75) is 50.6 Å². The molecule has 0 fully saturated rings. The third-order valence-electron chi connectivity index (χ3n) is 7.25. The maximum atomic E-state index is 14.9. The van der Waals surface area contributed by atoms with Gasteiger partial charge in [0.2, 0.25) is 5.91 Å². The number of alkyl halides is 4. The van der Waals surface area contributed by atoms with Gasteiger partial charge in [-0.15, -0.1) is 0 Å². The average Bonchev–Trinajstić information content (AvgIpc) is 3.32. The minimum Gasteiger partial charge on any atom is -0.366 e. The molecule has 2 amide bonds. The molecule has 7 nitrogen and oxygen atoms in total. The highest BCUT2D eigenvalue weighted by molar-refractivity contribution is 5.94. The lowest BCUT2D eigenvalue weighted by Gasteiger charge is -2.25. The summed E-state index contributed by atoms with van der Waals surface area (Å²) in [6, 6.07) is 8.06. The number of rotatable bonds is 9. The Labute approximate surface area is 245 Å². The highest BCUT2D eigenvalue weighted by Crippen LogP contribution is 2.43. The molecule has 5 rings (SSSR count). The van der Waals surface area contributed by atoms with Crippen molar-refractivity contribution in [2.75, 3.05) is 0 Å². The lowest BCUT2D eigenvalue weighted by molar-refractivity contribution is -0.123. The second-order valence-corrected chi connectivity index (χ2v) is 10.3. The van der Waals surface area contributed by atoms with Gasteiger partial charge in [0, 0.05) is 29.8 Å². The molecule has 4 aromatic rings. The van der Waals surface area contributed by atoms with Crippen molar-refractivity contribution < 1.29 is 40.3 Å². The summed E-state index contributed by atoms with van der Waals surface area (Å²) < 4.78 is 99.9. The largest absolute Gasteiger partial charge is 0.366 e. The SMILES string of the molecule is NC(=O)c1cc(-c2cccnc2C(Cc2cc(F)cc(F)c2)NC(=O)Cn2nc(C(F)F)c3c2C(F)(F)CCC3)ccc1F. The van der Waals surface area contributed by atoms with Crippen LogP contribution in [0, 0.1) is 17.5 Å². The first-order chi connectivity index (χ1) is 20.8. The van der Waals surface area contributed by atoms with Crippen LogP contribution in [0.15, 0.2) is 54.7 Å². The van der Waals surface area contributed by atoms with Gasteiger partial charge in [-0.1, -0.05) is 12.1 Å². The lowest BCUT2D eigenvalue weighted by Crippen LogP contribution is -2.35. The van der Waals surface area contributed by atoms with Crippen LogP contribution in [0.3, 0.4) is 0 Å². The highest BCUT2D eigenvalue weighted by Gasteiger charge is 2.43. The first-order valence-corrected chi connectivity index (χ1v) is 13.4. The molecule has 1 aliphatic carbocycles. The maximum absolute atomic E-state index is 14.9. The number of carbonyl (C=O) groups excluding carboxylic acids is 2. The molecule has 14 heteroatoms. The molecule has 3 N–H and O–H groups in total. The van der Waals surface area contributed by atoms with Crippen molar-refractivity contribution in [3.05, 3.63) is 106 Å². The molecular weight excluding hydrogens is 595 g/mol. The van der Waals surface area contributed by atoms with Crippen LogP contribution in [-0.2, 0) is 30.1 Å². The smallest absolute Gasteiger partial charge is 0.289 e. The number of nitrogens with two attached hydrogens (primary N) is 1. The van der Waals surface area contributed by atoms with Gasteiger partial charge in [-0.3, -0.25) is 19.3 Å². The van der Waals surface area contributed by atoms with E-state index in [-0.39, 0.29) is 47.2 Å². The Morgan fingerprint density at radius 3 is 2.43 bits per heavy atom. The first-order valence-electron chi connectivity index (χ1n) is 13.4. The van der Waals surface area contributed by atoms with E-state index in [2.05, 4.69) is 15.4 Å². The van der Waals surface area contributed by atoms with Gasteiger partial charge in [0.1, 0.15) is 35.4 Å². The molecule has 0 saturated carbocycles.